The van der Waals surface area contributed by atoms with Gasteiger partial charge in [0, 0.05) is 6.54 Å². The van der Waals surface area contributed by atoms with Crippen LogP contribution in [0.1, 0.15) is 12.0 Å². The van der Waals surface area contributed by atoms with Crippen molar-refractivity contribution in [2.24, 2.45) is 5.73 Å². The van der Waals surface area contributed by atoms with E-state index in [1.807, 2.05) is 32.3 Å². The van der Waals surface area contributed by atoms with E-state index in [1.54, 1.807) is 6.07 Å². The molecule has 0 radical (unpaired) electrons. The van der Waals surface area contributed by atoms with E-state index in [4.69, 9.17) is 15.9 Å². The number of benzene rings is 1. The van der Waals surface area contributed by atoms with E-state index in [2.05, 4.69) is 4.90 Å². The molecule has 0 aromatic heterocycles. The first-order valence-corrected chi connectivity index (χ1v) is 5.32. The zero-order valence-corrected chi connectivity index (χ0v) is 9.86. The summed E-state index contributed by atoms with van der Waals surface area (Å²) in [5.74, 6) is 0.733. The standard InChI is InChI=1S/C12H19N3O/c1-15(2)8-5-9-16-11-7-4-3-6-10(11)12(13)14/h3-4,6-7H,5,8-9H2,1-2H3,(H3,13,14). The van der Waals surface area contributed by atoms with E-state index in [0.29, 0.717) is 17.9 Å². The molecule has 0 spiro atoms. The number of rotatable bonds is 6. The van der Waals surface area contributed by atoms with Crippen molar-refractivity contribution < 1.29 is 4.74 Å². The normalized spacial score (nSPS) is 10.4. The number of hydrogen-bond acceptors (Lipinski definition) is 3. The number of ether oxygens (including phenoxy) is 1. The molecule has 0 fully saturated rings. The molecule has 0 heterocycles. The van der Waals surface area contributed by atoms with Crippen molar-refractivity contribution in [3.05, 3.63) is 29.8 Å². The van der Waals surface area contributed by atoms with Crippen molar-refractivity contribution in [3.8, 4) is 5.75 Å². The van der Waals surface area contributed by atoms with Gasteiger partial charge >= 0.3 is 0 Å². The van der Waals surface area contributed by atoms with Crippen LogP contribution >= 0.6 is 0 Å². The molecule has 16 heavy (non-hydrogen) atoms. The molecule has 0 amide bonds. The smallest absolute Gasteiger partial charge is 0.130 e. The summed E-state index contributed by atoms with van der Waals surface area (Å²) in [6.45, 7) is 1.63. The van der Waals surface area contributed by atoms with Crippen LogP contribution in [-0.4, -0.2) is 38.0 Å². The minimum atomic E-state index is 0.0446. The van der Waals surface area contributed by atoms with Crippen LogP contribution < -0.4 is 10.5 Å². The van der Waals surface area contributed by atoms with Gasteiger partial charge in [0.15, 0.2) is 0 Å². The molecule has 0 aliphatic rings. The molecule has 88 valence electrons. The van der Waals surface area contributed by atoms with Gasteiger partial charge in [0.1, 0.15) is 11.6 Å². The Labute approximate surface area is 96.5 Å². The van der Waals surface area contributed by atoms with Crippen molar-refractivity contribution in [2.75, 3.05) is 27.2 Å². The quantitative estimate of drug-likeness (QED) is 0.432. The molecule has 1 aromatic carbocycles. The molecular formula is C12H19N3O. The maximum atomic E-state index is 7.41. The van der Waals surface area contributed by atoms with Gasteiger partial charge in [0.2, 0.25) is 0 Å². The summed E-state index contributed by atoms with van der Waals surface area (Å²) in [6, 6.07) is 7.37. The van der Waals surface area contributed by atoms with Crippen molar-refractivity contribution >= 4 is 5.84 Å². The third-order valence-corrected chi connectivity index (χ3v) is 2.18. The Kier molecular flexibility index (Phi) is 4.79. The highest BCUT2D eigenvalue weighted by Gasteiger charge is 2.04. The van der Waals surface area contributed by atoms with Crippen LogP contribution in [0.25, 0.3) is 0 Å². The Bertz CT molecular complexity index is 350. The van der Waals surface area contributed by atoms with Crippen LogP contribution in [0, 0.1) is 5.41 Å². The second-order valence-corrected chi connectivity index (χ2v) is 3.92. The summed E-state index contributed by atoms with van der Waals surface area (Å²) in [5, 5.41) is 7.41. The van der Waals surface area contributed by atoms with Crippen molar-refractivity contribution in [3.63, 3.8) is 0 Å². The summed E-state index contributed by atoms with van der Waals surface area (Å²) < 4.78 is 5.60. The lowest BCUT2D eigenvalue weighted by atomic mass is 10.2. The first kappa shape index (κ1) is 12.5. The summed E-state index contributed by atoms with van der Waals surface area (Å²) >= 11 is 0. The van der Waals surface area contributed by atoms with Crippen LogP contribution in [0.2, 0.25) is 0 Å². The Morgan fingerprint density at radius 1 is 1.38 bits per heavy atom. The second kappa shape index (κ2) is 6.12. The lowest BCUT2D eigenvalue weighted by molar-refractivity contribution is 0.281. The van der Waals surface area contributed by atoms with E-state index in [-0.39, 0.29) is 5.84 Å². The maximum Gasteiger partial charge on any atom is 0.130 e. The monoisotopic (exact) mass is 221 g/mol. The highest BCUT2D eigenvalue weighted by atomic mass is 16.5. The molecule has 3 N–H and O–H groups in total. The van der Waals surface area contributed by atoms with Crippen LogP contribution in [-0.2, 0) is 0 Å². The SMILES string of the molecule is CN(C)CCCOc1ccccc1C(=N)N. The van der Waals surface area contributed by atoms with Gasteiger partial charge in [-0.15, -0.1) is 0 Å². The number of nitrogen functional groups attached to an aromatic ring is 1. The van der Waals surface area contributed by atoms with Gasteiger partial charge in [-0.25, -0.2) is 0 Å². The molecule has 4 heteroatoms. The third-order valence-electron chi connectivity index (χ3n) is 2.18. The Morgan fingerprint density at radius 3 is 2.69 bits per heavy atom. The molecule has 0 aliphatic heterocycles. The minimum Gasteiger partial charge on any atom is -0.493 e. The Balaban J connectivity index is 2.50. The second-order valence-electron chi connectivity index (χ2n) is 3.92. The van der Waals surface area contributed by atoms with Crippen LogP contribution in [0.4, 0.5) is 0 Å². The lowest BCUT2D eigenvalue weighted by Gasteiger charge is -2.12. The molecule has 0 bridgehead atoms. The van der Waals surface area contributed by atoms with Crippen LogP contribution in [0.5, 0.6) is 5.75 Å². The molecule has 1 aromatic rings. The van der Waals surface area contributed by atoms with Gasteiger partial charge in [0.25, 0.3) is 0 Å². The summed E-state index contributed by atoms with van der Waals surface area (Å²) in [7, 11) is 4.06. The molecule has 0 saturated carbocycles. The highest BCUT2D eigenvalue weighted by Crippen LogP contribution is 2.17. The van der Waals surface area contributed by atoms with Crippen molar-refractivity contribution in [2.45, 2.75) is 6.42 Å². The molecule has 4 nitrogen and oxygen atoms in total. The zero-order chi connectivity index (χ0) is 12.0. The van der Waals surface area contributed by atoms with E-state index < -0.39 is 0 Å². The van der Waals surface area contributed by atoms with Crippen molar-refractivity contribution in [1.82, 2.24) is 4.90 Å². The average Bonchev–Trinajstić information content (AvgIpc) is 2.24. The van der Waals surface area contributed by atoms with Gasteiger partial charge in [-0.2, -0.15) is 0 Å². The van der Waals surface area contributed by atoms with Gasteiger partial charge < -0.3 is 15.4 Å². The number of amidine groups is 1. The number of para-hydroxylation sites is 1. The lowest BCUT2D eigenvalue weighted by Crippen LogP contribution is -2.17. The number of hydrogen-bond donors (Lipinski definition) is 2. The molecule has 1 rings (SSSR count). The summed E-state index contributed by atoms with van der Waals surface area (Å²) in [5.41, 5.74) is 6.12. The first-order chi connectivity index (χ1) is 7.61. The van der Waals surface area contributed by atoms with Gasteiger partial charge in [0.05, 0.1) is 12.2 Å². The predicted octanol–water partition coefficient (Wildman–Crippen LogP) is 1.30. The van der Waals surface area contributed by atoms with E-state index in [1.165, 1.54) is 0 Å². The number of nitrogens with zero attached hydrogens (tertiary/aromatic N) is 1. The molecule has 0 atom stereocenters. The van der Waals surface area contributed by atoms with Gasteiger partial charge in [-0.05, 0) is 32.6 Å². The predicted molar refractivity (Wildman–Crippen MR) is 66.1 cm³/mol. The molecular weight excluding hydrogens is 202 g/mol. The third kappa shape index (κ3) is 3.90. The summed E-state index contributed by atoms with van der Waals surface area (Å²) in [4.78, 5) is 2.11. The highest BCUT2D eigenvalue weighted by molar-refractivity contribution is 5.97. The number of nitrogens with two attached hydrogens (primary N) is 1. The largest absolute Gasteiger partial charge is 0.493 e. The fourth-order valence-corrected chi connectivity index (χ4v) is 1.38. The van der Waals surface area contributed by atoms with E-state index >= 15 is 0 Å². The molecule has 0 aliphatic carbocycles. The topological polar surface area (TPSA) is 62.3 Å². The zero-order valence-electron chi connectivity index (χ0n) is 9.86. The van der Waals surface area contributed by atoms with E-state index in [0.717, 1.165) is 13.0 Å². The molecule has 0 saturated heterocycles. The van der Waals surface area contributed by atoms with Gasteiger partial charge in [-0.1, -0.05) is 12.1 Å². The summed E-state index contributed by atoms with van der Waals surface area (Å²) in [6.07, 6.45) is 0.958. The van der Waals surface area contributed by atoms with Crippen molar-refractivity contribution in [1.29, 1.82) is 5.41 Å². The van der Waals surface area contributed by atoms with Gasteiger partial charge in [-0.3, -0.25) is 5.41 Å². The van der Waals surface area contributed by atoms with E-state index in [9.17, 15) is 0 Å². The average molecular weight is 221 g/mol. The minimum absolute atomic E-state index is 0.0446. The Hall–Kier alpha value is -1.55. The Morgan fingerprint density at radius 2 is 2.06 bits per heavy atom. The first-order valence-electron chi connectivity index (χ1n) is 5.32. The fourth-order valence-electron chi connectivity index (χ4n) is 1.38. The molecule has 0 unspecified atom stereocenters. The number of nitrogens with one attached hydrogen (secondary N) is 1. The van der Waals surface area contributed by atoms with Crippen LogP contribution in [0.3, 0.4) is 0 Å². The fraction of sp³-hybridized carbons (Fsp3) is 0.417. The van der Waals surface area contributed by atoms with Crippen LogP contribution in [0.15, 0.2) is 24.3 Å². The maximum absolute atomic E-state index is 7.41.